The molecule has 0 unspecified atom stereocenters. The lowest BCUT2D eigenvalue weighted by molar-refractivity contribution is 0.0380. The summed E-state index contributed by atoms with van der Waals surface area (Å²) in [7, 11) is 3.17. The van der Waals surface area contributed by atoms with Gasteiger partial charge in [-0.2, -0.15) is 5.10 Å². The van der Waals surface area contributed by atoms with Gasteiger partial charge in [-0.3, -0.25) is 4.79 Å². The molecule has 0 saturated carbocycles. The van der Waals surface area contributed by atoms with E-state index in [4.69, 9.17) is 4.74 Å². The van der Waals surface area contributed by atoms with Crippen molar-refractivity contribution in [2.75, 3.05) is 27.3 Å². The van der Waals surface area contributed by atoms with Crippen molar-refractivity contribution in [3.8, 4) is 5.69 Å². The van der Waals surface area contributed by atoms with E-state index in [1.54, 1.807) is 30.1 Å². The molecule has 0 saturated heterocycles. The Labute approximate surface area is 123 Å². The Morgan fingerprint density at radius 3 is 2.95 bits per heavy atom. The van der Waals surface area contributed by atoms with Gasteiger partial charge in [-0.15, -0.1) is 0 Å². The van der Waals surface area contributed by atoms with Crippen LogP contribution >= 0.6 is 0 Å². The maximum Gasteiger partial charge on any atom is 0.253 e. The van der Waals surface area contributed by atoms with Crippen LogP contribution in [0.4, 0.5) is 0 Å². The first-order valence-corrected chi connectivity index (χ1v) is 6.64. The summed E-state index contributed by atoms with van der Waals surface area (Å²) in [6.07, 6.45) is 2.80. The predicted molar refractivity (Wildman–Crippen MR) is 78.4 cm³/mol. The number of nitrogens with zero attached hydrogens (tertiary/aromatic N) is 3. The van der Waals surface area contributed by atoms with Crippen molar-refractivity contribution >= 4 is 5.91 Å². The Bertz CT molecular complexity index is 584. The van der Waals surface area contributed by atoms with Crippen molar-refractivity contribution < 1.29 is 14.6 Å². The first kappa shape index (κ1) is 15.2. The predicted octanol–water partition coefficient (Wildman–Crippen LogP) is 0.952. The molecule has 1 aromatic heterocycles. The summed E-state index contributed by atoms with van der Waals surface area (Å²) in [5.41, 5.74) is 1.37. The number of rotatable bonds is 6. The minimum Gasteiger partial charge on any atom is -0.389 e. The fourth-order valence-corrected chi connectivity index (χ4v) is 2.07. The summed E-state index contributed by atoms with van der Waals surface area (Å²) in [6.45, 7) is 0.420. The van der Waals surface area contributed by atoms with Crippen LogP contribution in [0.3, 0.4) is 0 Å². The quantitative estimate of drug-likeness (QED) is 0.860. The largest absolute Gasteiger partial charge is 0.389 e. The van der Waals surface area contributed by atoms with Crippen molar-refractivity contribution in [2.45, 2.75) is 6.10 Å². The van der Waals surface area contributed by atoms with Crippen LogP contribution in [0.2, 0.25) is 0 Å². The van der Waals surface area contributed by atoms with Crippen molar-refractivity contribution in [2.24, 2.45) is 0 Å². The summed E-state index contributed by atoms with van der Waals surface area (Å²) in [5.74, 6) is -0.154. The Balaban J connectivity index is 2.10. The van der Waals surface area contributed by atoms with Gasteiger partial charge >= 0.3 is 0 Å². The second-order valence-corrected chi connectivity index (χ2v) is 4.80. The van der Waals surface area contributed by atoms with Gasteiger partial charge < -0.3 is 14.7 Å². The van der Waals surface area contributed by atoms with Crippen molar-refractivity contribution in [3.63, 3.8) is 0 Å². The molecular formula is C15H19N3O3. The van der Waals surface area contributed by atoms with Gasteiger partial charge in [-0.1, -0.05) is 6.07 Å². The molecule has 0 fully saturated rings. The second kappa shape index (κ2) is 7.01. The molecule has 2 rings (SSSR count). The third-order valence-corrected chi connectivity index (χ3v) is 3.05. The maximum atomic E-state index is 12.4. The molecule has 1 heterocycles. The van der Waals surface area contributed by atoms with Gasteiger partial charge in [0.2, 0.25) is 0 Å². The average molecular weight is 289 g/mol. The molecule has 6 heteroatoms. The third kappa shape index (κ3) is 3.90. The molecule has 0 radical (unpaired) electrons. The summed E-state index contributed by atoms with van der Waals surface area (Å²) in [5, 5.41) is 13.8. The highest BCUT2D eigenvalue weighted by Crippen LogP contribution is 2.11. The number of hydrogen-bond acceptors (Lipinski definition) is 4. The van der Waals surface area contributed by atoms with E-state index < -0.39 is 6.10 Å². The highest BCUT2D eigenvalue weighted by atomic mass is 16.5. The number of carbonyl (C=O) groups is 1. The number of aromatic nitrogens is 2. The van der Waals surface area contributed by atoms with Gasteiger partial charge in [0.05, 0.1) is 18.4 Å². The van der Waals surface area contributed by atoms with Crippen LogP contribution in [0.15, 0.2) is 42.7 Å². The number of aliphatic hydroxyl groups is 1. The van der Waals surface area contributed by atoms with E-state index in [9.17, 15) is 9.90 Å². The van der Waals surface area contributed by atoms with E-state index in [1.165, 1.54) is 12.0 Å². The lowest BCUT2D eigenvalue weighted by atomic mass is 10.1. The minimum atomic E-state index is -0.696. The second-order valence-electron chi connectivity index (χ2n) is 4.80. The normalized spacial score (nSPS) is 12.1. The zero-order chi connectivity index (χ0) is 15.2. The highest BCUT2D eigenvalue weighted by Gasteiger charge is 2.16. The Morgan fingerprint density at radius 2 is 2.29 bits per heavy atom. The maximum absolute atomic E-state index is 12.4. The van der Waals surface area contributed by atoms with E-state index in [1.807, 2.05) is 24.4 Å². The molecule has 1 atom stereocenters. The molecule has 0 bridgehead atoms. The third-order valence-electron chi connectivity index (χ3n) is 3.05. The van der Waals surface area contributed by atoms with Gasteiger partial charge in [0.1, 0.15) is 0 Å². The van der Waals surface area contributed by atoms with Crippen LogP contribution in [-0.2, 0) is 4.74 Å². The molecule has 0 aliphatic rings. The lowest BCUT2D eigenvalue weighted by Crippen LogP contribution is -2.36. The van der Waals surface area contributed by atoms with Crippen molar-refractivity contribution in [3.05, 3.63) is 48.3 Å². The molecular weight excluding hydrogens is 270 g/mol. The average Bonchev–Trinajstić information content (AvgIpc) is 3.01. The summed E-state index contributed by atoms with van der Waals surface area (Å²) < 4.78 is 6.55. The van der Waals surface area contributed by atoms with Crippen LogP contribution in [0.25, 0.3) is 5.69 Å². The number of carbonyl (C=O) groups excluding carboxylic acids is 1. The van der Waals surface area contributed by atoms with Gasteiger partial charge in [-0.25, -0.2) is 4.68 Å². The Kier molecular flexibility index (Phi) is 5.08. The number of likely N-dealkylation sites (N-methyl/N-ethyl adjacent to an activating group) is 1. The molecule has 1 amide bonds. The molecule has 6 nitrogen and oxygen atoms in total. The topological polar surface area (TPSA) is 67.6 Å². The minimum absolute atomic E-state index is 0.154. The molecule has 1 aromatic carbocycles. The van der Waals surface area contributed by atoms with E-state index in [0.29, 0.717) is 5.56 Å². The zero-order valence-corrected chi connectivity index (χ0v) is 12.1. The number of benzene rings is 1. The smallest absolute Gasteiger partial charge is 0.253 e. The standard InChI is InChI=1S/C15H19N3O3/c1-17(10-14(19)11-21-2)15(20)12-5-3-6-13(9-12)18-8-4-7-16-18/h3-9,14,19H,10-11H2,1-2H3/t14-/m1/s1. The van der Waals surface area contributed by atoms with Gasteiger partial charge in [0.25, 0.3) is 5.91 Å². The molecule has 1 N–H and O–H groups in total. The molecule has 0 aliphatic heterocycles. The van der Waals surface area contributed by atoms with Crippen molar-refractivity contribution in [1.29, 1.82) is 0 Å². The number of amides is 1. The van der Waals surface area contributed by atoms with Crippen LogP contribution in [-0.4, -0.2) is 59.1 Å². The molecule has 0 aliphatic carbocycles. The Morgan fingerprint density at radius 1 is 1.48 bits per heavy atom. The molecule has 0 spiro atoms. The summed E-state index contributed by atoms with van der Waals surface area (Å²) in [4.78, 5) is 13.8. The van der Waals surface area contributed by atoms with Gasteiger partial charge in [-0.05, 0) is 24.3 Å². The van der Waals surface area contributed by atoms with Gasteiger partial charge in [0, 0.05) is 38.7 Å². The number of methoxy groups -OCH3 is 1. The molecule has 21 heavy (non-hydrogen) atoms. The molecule has 112 valence electrons. The number of ether oxygens (including phenoxy) is 1. The Hall–Kier alpha value is -2.18. The monoisotopic (exact) mass is 289 g/mol. The highest BCUT2D eigenvalue weighted by molar-refractivity contribution is 5.94. The summed E-state index contributed by atoms with van der Waals surface area (Å²) in [6, 6.07) is 9.03. The SMILES string of the molecule is COC[C@H](O)CN(C)C(=O)c1cccc(-n2cccn2)c1. The first-order chi connectivity index (χ1) is 10.1. The fraction of sp³-hybridized carbons (Fsp3) is 0.333. The number of hydrogen-bond donors (Lipinski definition) is 1. The van der Waals surface area contributed by atoms with Gasteiger partial charge in [0.15, 0.2) is 0 Å². The summed E-state index contributed by atoms with van der Waals surface area (Å²) >= 11 is 0. The first-order valence-electron chi connectivity index (χ1n) is 6.64. The zero-order valence-electron chi connectivity index (χ0n) is 12.1. The lowest BCUT2D eigenvalue weighted by Gasteiger charge is -2.20. The van der Waals surface area contributed by atoms with Crippen LogP contribution in [0.5, 0.6) is 0 Å². The van der Waals surface area contributed by atoms with Crippen LogP contribution < -0.4 is 0 Å². The number of aliphatic hydroxyl groups excluding tert-OH is 1. The van der Waals surface area contributed by atoms with Crippen LogP contribution in [0.1, 0.15) is 10.4 Å². The van der Waals surface area contributed by atoms with E-state index >= 15 is 0 Å². The molecule has 2 aromatic rings. The van der Waals surface area contributed by atoms with E-state index in [0.717, 1.165) is 5.69 Å². The fourth-order valence-electron chi connectivity index (χ4n) is 2.07. The van der Waals surface area contributed by atoms with Crippen molar-refractivity contribution in [1.82, 2.24) is 14.7 Å². The van der Waals surface area contributed by atoms with E-state index in [-0.39, 0.29) is 19.1 Å². The van der Waals surface area contributed by atoms with Crippen LogP contribution in [0, 0.1) is 0 Å². The van der Waals surface area contributed by atoms with E-state index in [2.05, 4.69) is 5.10 Å².